The van der Waals surface area contributed by atoms with E-state index in [4.69, 9.17) is 9.84 Å². The van der Waals surface area contributed by atoms with Gasteiger partial charge < -0.3 is 9.84 Å². The van der Waals surface area contributed by atoms with E-state index in [9.17, 15) is 4.79 Å². The molecule has 0 aliphatic heterocycles. The summed E-state index contributed by atoms with van der Waals surface area (Å²) in [6.45, 7) is 2.25. The zero-order valence-electron chi connectivity index (χ0n) is 9.34. The third-order valence-electron chi connectivity index (χ3n) is 2.38. The van der Waals surface area contributed by atoms with Gasteiger partial charge in [-0.1, -0.05) is 18.2 Å². The molecular weight excluding hydrogens is 236 g/mol. The molecule has 3 nitrogen and oxygen atoms in total. The van der Waals surface area contributed by atoms with E-state index in [0.29, 0.717) is 12.4 Å². The number of benzene rings is 1. The highest BCUT2D eigenvalue weighted by Crippen LogP contribution is 2.25. The SMILES string of the molecule is Cc1cccc(C(=O)O)c1OCc1cccs1. The molecule has 1 N–H and O–H groups in total. The summed E-state index contributed by atoms with van der Waals surface area (Å²) in [5.41, 5.74) is 1.04. The van der Waals surface area contributed by atoms with E-state index < -0.39 is 5.97 Å². The molecule has 1 aromatic carbocycles. The van der Waals surface area contributed by atoms with E-state index in [-0.39, 0.29) is 5.56 Å². The van der Waals surface area contributed by atoms with Crippen molar-refractivity contribution in [1.82, 2.24) is 0 Å². The second-order valence-corrected chi connectivity index (χ2v) is 4.66. The number of thiophene rings is 1. The van der Waals surface area contributed by atoms with E-state index in [1.165, 1.54) is 0 Å². The maximum Gasteiger partial charge on any atom is 0.339 e. The van der Waals surface area contributed by atoms with Crippen molar-refractivity contribution in [1.29, 1.82) is 0 Å². The van der Waals surface area contributed by atoms with Gasteiger partial charge in [0.05, 0.1) is 0 Å². The molecule has 2 aromatic rings. The van der Waals surface area contributed by atoms with Crippen LogP contribution < -0.4 is 4.74 Å². The molecule has 0 atom stereocenters. The molecule has 4 heteroatoms. The van der Waals surface area contributed by atoms with Gasteiger partial charge >= 0.3 is 5.97 Å². The Labute approximate surface area is 103 Å². The first-order valence-electron chi connectivity index (χ1n) is 5.16. The number of para-hydroxylation sites is 1. The molecule has 17 heavy (non-hydrogen) atoms. The van der Waals surface area contributed by atoms with E-state index in [1.54, 1.807) is 23.5 Å². The first-order chi connectivity index (χ1) is 8.18. The number of aryl methyl sites for hydroxylation is 1. The van der Waals surface area contributed by atoms with Crippen molar-refractivity contribution in [2.24, 2.45) is 0 Å². The summed E-state index contributed by atoms with van der Waals surface area (Å²) in [4.78, 5) is 12.1. The van der Waals surface area contributed by atoms with Crippen LogP contribution in [0, 0.1) is 6.92 Å². The maximum absolute atomic E-state index is 11.1. The van der Waals surface area contributed by atoms with Gasteiger partial charge in [0.15, 0.2) is 0 Å². The molecule has 0 aliphatic carbocycles. The Hall–Kier alpha value is -1.81. The normalized spacial score (nSPS) is 10.2. The lowest BCUT2D eigenvalue weighted by Crippen LogP contribution is -2.04. The highest BCUT2D eigenvalue weighted by atomic mass is 32.1. The fourth-order valence-electron chi connectivity index (χ4n) is 1.55. The lowest BCUT2D eigenvalue weighted by Gasteiger charge is -2.10. The largest absolute Gasteiger partial charge is 0.487 e. The minimum Gasteiger partial charge on any atom is -0.487 e. The van der Waals surface area contributed by atoms with Gasteiger partial charge in [-0.2, -0.15) is 0 Å². The highest BCUT2D eigenvalue weighted by molar-refractivity contribution is 7.09. The molecule has 0 saturated heterocycles. The van der Waals surface area contributed by atoms with E-state index in [0.717, 1.165) is 10.4 Å². The lowest BCUT2D eigenvalue weighted by atomic mass is 10.1. The van der Waals surface area contributed by atoms with Crippen molar-refractivity contribution < 1.29 is 14.6 Å². The smallest absolute Gasteiger partial charge is 0.339 e. The average Bonchev–Trinajstić information content (AvgIpc) is 2.80. The van der Waals surface area contributed by atoms with Crippen LogP contribution in [0.25, 0.3) is 0 Å². The molecule has 0 radical (unpaired) electrons. The summed E-state index contributed by atoms with van der Waals surface area (Å²) in [7, 11) is 0. The summed E-state index contributed by atoms with van der Waals surface area (Å²) in [6.07, 6.45) is 0. The van der Waals surface area contributed by atoms with Crippen LogP contribution in [0.5, 0.6) is 5.75 Å². The molecule has 88 valence electrons. The summed E-state index contributed by atoms with van der Waals surface area (Å²) < 4.78 is 5.60. The monoisotopic (exact) mass is 248 g/mol. The zero-order valence-corrected chi connectivity index (χ0v) is 10.2. The number of hydrogen-bond acceptors (Lipinski definition) is 3. The second kappa shape index (κ2) is 5.01. The standard InChI is InChI=1S/C13H12O3S/c1-9-4-2-6-11(13(14)15)12(9)16-8-10-5-3-7-17-10/h2-7H,8H2,1H3,(H,14,15). The molecule has 0 spiro atoms. The Morgan fingerprint density at radius 1 is 1.35 bits per heavy atom. The van der Waals surface area contributed by atoms with Gasteiger partial charge in [-0.25, -0.2) is 4.79 Å². The van der Waals surface area contributed by atoms with Gasteiger partial charge in [-0.3, -0.25) is 0 Å². The predicted octanol–water partition coefficient (Wildman–Crippen LogP) is 3.33. The number of ether oxygens (including phenoxy) is 1. The summed E-state index contributed by atoms with van der Waals surface area (Å²) >= 11 is 1.59. The fourth-order valence-corrected chi connectivity index (χ4v) is 2.17. The van der Waals surface area contributed by atoms with Crippen LogP contribution in [0.2, 0.25) is 0 Å². The molecule has 0 amide bonds. The van der Waals surface area contributed by atoms with Crippen LogP contribution in [0.1, 0.15) is 20.8 Å². The summed E-state index contributed by atoms with van der Waals surface area (Å²) in [5, 5.41) is 11.0. The number of aromatic carboxylic acids is 1. The summed E-state index contributed by atoms with van der Waals surface area (Å²) in [5.74, 6) is -0.511. The van der Waals surface area contributed by atoms with Gasteiger partial charge in [-0.15, -0.1) is 11.3 Å². The molecular formula is C13H12O3S. The van der Waals surface area contributed by atoms with Gasteiger partial charge in [0, 0.05) is 4.88 Å². The van der Waals surface area contributed by atoms with Crippen molar-refractivity contribution >= 4 is 17.3 Å². The van der Waals surface area contributed by atoms with Crippen molar-refractivity contribution in [3.63, 3.8) is 0 Å². The number of rotatable bonds is 4. The van der Waals surface area contributed by atoms with Crippen LogP contribution in [0.15, 0.2) is 35.7 Å². The van der Waals surface area contributed by atoms with Crippen LogP contribution in [-0.4, -0.2) is 11.1 Å². The number of carboxylic acids is 1. The third kappa shape index (κ3) is 2.65. The third-order valence-corrected chi connectivity index (χ3v) is 3.23. The topological polar surface area (TPSA) is 46.5 Å². The Kier molecular flexibility index (Phi) is 3.44. The molecule has 2 rings (SSSR count). The minimum absolute atomic E-state index is 0.210. The average molecular weight is 248 g/mol. The highest BCUT2D eigenvalue weighted by Gasteiger charge is 2.13. The van der Waals surface area contributed by atoms with Gasteiger partial charge in [0.1, 0.15) is 17.9 Å². The minimum atomic E-state index is -0.963. The number of carboxylic acid groups (broad SMARTS) is 1. The molecule has 1 aromatic heterocycles. The van der Waals surface area contributed by atoms with Crippen LogP contribution in [0.4, 0.5) is 0 Å². The van der Waals surface area contributed by atoms with Gasteiger partial charge in [0.25, 0.3) is 0 Å². The van der Waals surface area contributed by atoms with Crippen molar-refractivity contribution in [3.8, 4) is 5.75 Å². The van der Waals surface area contributed by atoms with Gasteiger partial charge in [-0.05, 0) is 30.0 Å². The van der Waals surface area contributed by atoms with E-state index in [2.05, 4.69) is 0 Å². The first kappa shape index (κ1) is 11.7. The van der Waals surface area contributed by atoms with Crippen LogP contribution in [-0.2, 0) is 6.61 Å². The number of hydrogen-bond donors (Lipinski definition) is 1. The molecule has 0 bridgehead atoms. The predicted molar refractivity (Wildman–Crippen MR) is 66.8 cm³/mol. The Bertz CT molecular complexity index is 517. The van der Waals surface area contributed by atoms with Crippen LogP contribution >= 0.6 is 11.3 Å². The molecule has 0 fully saturated rings. The molecule has 0 saturated carbocycles. The fraction of sp³-hybridized carbons (Fsp3) is 0.154. The van der Waals surface area contributed by atoms with E-state index in [1.807, 2.05) is 30.5 Å². The van der Waals surface area contributed by atoms with Crippen LogP contribution in [0.3, 0.4) is 0 Å². The van der Waals surface area contributed by atoms with Gasteiger partial charge in [0.2, 0.25) is 0 Å². The first-order valence-corrected chi connectivity index (χ1v) is 6.04. The van der Waals surface area contributed by atoms with Crippen molar-refractivity contribution in [2.45, 2.75) is 13.5 Å². The Balaban J connectivity index is 2.22. The quantitative estimate of drug-likeness (QED) is 0.902. The maximum atomic E-state index is 11.1. The van der Waals surface area contributed by atoms with E-state index >= 15 is 0 Å². The molecule has 0 aliphatic rings. The molecule has 0 unspecified atom stereocenters. The number of carbonyl (C=O) groups is 1. The molecule has 1 heterocycles. The summed E-state index contributed by atoms with van der Waals surface area (Å²) in [6, 6.07) is 9.02. The van der Waals surface area contributed by atoms with Crippen molar-refractivity contribution in [2.75, 3.05) is 0 Å². The Morgan fingerprint density at radius 2 is 2.18 bits per heavy atom. The lowest BCUT2D eigenvalue weighted by molar-refractivity contribution is 0.0691. The second-order valence-electron chi connectivity index (χ2n) is 3.62. The van der Waals surface area contributed by atoms with Crippen molar-refractivity contribution in [3.05, 3.63) is 51.7 Å². The Morgan fingerprint density at radius 3 is 2.82 bits per heavy atom. The zero-order chi connectivity index (χ0) is 12.3.